The van der Waals surface area contributed by atoms with Crippen LogP contribution in [0.5, 0.6) is 0 Å². The Balaban J connectivity index is 1.89. The van der Waals surface area contributed by atoms with Crippen LogP contribution < -0.4 is 0 Å². The molecule has 3 aromatic rings. The van der Waals surface area contributed by atoms with Crippen LogP contribution in [-0.2, 0) is 20.3 Å². The molecule has 0 N–H and O–H groups in total. The zero-order valence-corrected chi connectivity index (χ0v) is 16.3. The van der Waals surface area contributed by atoms with Gasteiger partial charge in [-0.1, -0.05) is 108 Å². The third-order valence-electron chi connectivity index (χ3n) is 5.67. The van der Waals surface area contributed by atoms with Crippen LogP contribution in [0.15, 0.2) is 91.0 Å². The summed E-state index contributed by atoms with van der Waals surface area (Å²) in [6.45, 7) is 2.09. The molecule has 0 saturated heterocycles. The van der Waals surface area contributed by atoms with E-state index in [-0.39, 0.29) is 0 Å². The van der Waals surface area contributed by atoms with Gasteiger partial charge in [0, 0.05) is 0 Å². The highest BCUT2D eigenvalue weighted by atomic mass is 35.5. The topological polar surface area (TPSA) is 9.23 Å². The molecule has 134 valence electrons. The molecule has 0 aromatic heterocycles. The lowest BCUT2D eigenvalue weighted by Crippen LogP contribution is -2.50. The first kappa shape index (κ1) is 17.1. The molecule has 0 aliphatic carbocycles. The van der Waals surface area contributed by atoms with Gasteiger partial charge in [0.2, 0.25) is 0 Å². The van der Waals surface area contributed by atoms with Crippen molar-refractivity contribution in [3.63, 3.8) is 0 Å². The second-order valence-corrected chi connectivity index (χ2v) is 8.63. The molecule has 0 spiro atoms. The molecule has 2 atom stereocenters. The van der Waals surface area contributed by atoms with Crippen molar-refractivity contribution in [2.75, 3.05) is 0 Å². The number of halogens is 2. The Labute approximate surface area is 169 Å². The normalized spacial score (nSPS) is 27.7. The molecule has 27 heavy (non-hydrogen) atoms. The summed E-state index contributed by atoms with van der Waals surface area (Å²) >= 11 is 14.4. The maximum absolute atomic E-state index is 7.19. The van der Waals surface area contributed by atoms with E-state index in [0.29, 0.717) is 0 Å². The lowest BCUT2D eigenvalue weighted by molar-refractivity contribution is -0.107. The van der Waals surface area contributed by atoms with Crippen molar-refractivity contribution in [3.8, 4) is 0 Å². The van der Waals surface area contributed by atoms with Gasteiger partial charge in [0.05, 0.1) is 0 Å². The van der Waals surface area contributed by atoms with Gasteiger partial charge in [-0.15, -0.1) is 0 Å². The summed E-state index contributed by atoms with van der Waals surface area (Å²) in [7, 11) is 0. The molecule has 2 bridgehead atoms. The van der Waals surface area contributed by atoms with Crippen molar-refractivity contribution in [1.82, 2.24) is 0 Å². The molecule has 5 rings (SSSR count). The van der Waals surface area contributed by atoms with E-state index in [1.54, 1.807) is 0 Å². The SMILES string of the molecule is C[C@@]12C=C(c3ccccc3)[C@@](c3ccccc3)(O1)C(Cl)(Cl)c1ccccc12. The fraction of sp³-hybridized carbons (Fsp3) is 0.167. The van der Waals surface area contributed by atoms with Crippen LogP contribution in [0.25, 0.3) is 5.57 Å². The van der Waals surface area contributed by atoms with Crippen LogP contribution in [0.2, 0.25) is 0 Å². The van der Waals surface area contributed by atoms with E-state index in [1.807, 2.05) is 72.8 Å². The summed E-state index contributed by atoms with van der Waals surface area (Å²) in [5.41, 5.74) is 3.30. The lowest BCUT2D eigenvalue weighted by Gasteiger charge is -2.49. The van der Waals surface area contributed by atoms with Crippen LogP contribution in [0.4, 0.5) is 0 Å². The van der Waals surface area contributed by atoms with Gasteiger partial charge in [0.1, 0.15) is 5.60 Å². The number of alkyl halides is 2. The monoisotopic (exact) mass is 392 g/mol. The van der Waals surface area contributed by atoms with Crippen LogP contribution in [0.1, 0.15) is 29.2 Å². The Morgan fingerprint density at radius 2 is 1.26 bits per heavy atom. The highest BCUT2D eigenvalue weighted by Gasteiger charge is 2.66. The summed E-state index contributed by atoms with van der Waals surface area (Å²) in [5.74, 6) is 0. The van der Waals surface area contributed by atoms with Crippen molar-refractivity contribution >= 4 is 28.8 Å². The van der Waals surface area contributed by atoms with Crippen LogP contribution in [0, 0.1) is 0 Å². The molecule has 0 fully saturated rings. The van der Waals surface area contributed by atoms with Gasteiger partial charge in [0.15, 0.2) is 9.93 Å². The molecular formula is C24H18Cl2O. The van der Waals surface area contributed by atoms with Gasteiger partial charge >= 0.3 is 0 Å². The number of ether oxygens (including phenoxy) is 1. The van der Waals surface area contributed by atoms with Gasteiger partial charge in [-0.05, 0) is 40.8 Å². The lowest BCUT2D eigenvalue weighted by atomic mass is 9.77. The van der Waals surface area contributed by atoms with Gasteiger partial charge in [-0.25, -0.2) is 0 Å². The number of benzene rings is 3. The minimum absolute atomic E-state index is 0.606. The van der Waals surface area contributed by atoms with Gasteiger partial charge in [0.25, 0.3) is 0 Å². The molecular weight excluding hydrogens is 375 g/mol. The minimum atomic E-state index is -1.28. The van der Waals surface area contributed by atoms with Crippen LogP contribution in [0.3, 0.4) is 0 Å². The van der Waals surface area contributed by atoms with E-state index in [4.69, 9.17) is 27.9 Å². The summed E-state index contributed by atoms with van der Waals surface area (Å²) in [6.07, 6.45) is 2.18. The average Bonchev–Trinajstić information content (AvgIpc) is 3.03. The van der Waals surface area contributed by atoms with Crippen molar-refractivity contribution in [3.05, 3.63) is 113 Å². The predicted molar refractivity (Wildman–Crippen MR) is 111 cm³/mol. The Hall–Kier alpha value is -2.06. The van der Waals surface area contributed by atoms with Crippen molar-refractivity contribution in [2.45, 2.75) is 22.5 Å². The number of hydrogen-bond acceptors (Lipinski definition) is 1. The van der Waals surface area contributed by atoms with E-state index in [2.05, 4.69) is 25.1 Å². The van der Waals surface area contributed by atoms with Crippen LogP contribution >= 0.6 is 23.2 Å². The van der Waals surface area contributed by atoms with Crippen molar-refractivity contribution in [1.29, 1.82) is 0 Å². The molecule has 2 heterocycles. The Morgan fingerprint density at radius 1 is 0.704 bits per heavy atom. The number of fused-ring (bicyclic) bond motifs is 4. The molecule has 2 aliphatic rings. The molecule has 0 radical (unpaired) electrons. The summed E-state index contributed by atoms with van der Waals surface area (Å²) in [5, 5.41) is 0. The van der Waals surface area contributed by atoms with Gasteiger partial charge in [-0.3, -0.25) is 0 Å². The van der Waals surface area contributed by atoms with Crippen molar-refractivity contribution in [2.24, 2.45) is 0 Å². The maximum atomic E-state index is 7.19. The molecule has 1 nitrogen and oxygen atoms in total. The summed E-state index contributed by atoms with van der Waals surface area (Å²) < 4.78 is 5.54. The molecule has 3 aromatic carbocycles. The predicted octanol–water partition coefficient (Wildman–Crippen LogP) is 6.56. The summed E-state index contributed by atoms with van der Waals surface area (Å²) in [6, 6.07) is 28.3. The third-order valence-corrected chi connectivity index (χ3v) is 6.61. The molecule has 0 unspecified atom stereocenters. The first-order valence-corrected chi connectivity index (χ1v) is 9.77. The third kappa shape index (κ3) is 2.17. The average molecular weight is 393 g/mol. The van der Waals surface area contributed by atoms with Crippen molar-refractivity contribution < 1.29 is 4.74 Å². The first-order valence-electron chi connectivity index (χ1n) is 9.01. The van der Waals surface area contributed by atoms with E-state index in [1.165, 1.54) is 0 Å². The first-order chi connectivity index (χ1) is 13.0. The molecule has 0 saturated carbocycles. The smallest absolute Gasteiger partial charge is 0.180 e. The van der Waals surface area contributed by atoms with E-state index in [9.17, 15) is 0 Å². The number of rotatable bonds is 2. The largest absolute Gasteiger partial charge is 0.347 e. The maximum Gasteiger partial charge on any atom is 0.180 e. The minimum Gasteiger partial charge on any atom is -0.347 e. The Kier molecular flexibility index (Phi) is 3.61. The van der Waals surface area contributed by atoms with Gasteiger partial charge in [-0.2, -0.15) is 0 Å². The quantitative estimate of drug-likeness (QED) is 0.449. The molecule has 2 aliphatic heterocycles. The van der Waals surface area contributed by atoms with Crippen LogP contribution in [-0.4, -0.2) is 0 Å². The fourth-order valence-electron chi connectivity index (χ4n) is 4.50. The molecule has 3 heteroatoms. The zero-order chi connectivity index (χ0) is 18.7. The zero-order valence-electron chi connectivity index (χ0n) is 14.8. The van der Waals surface area contributed by atoms with Gasteiger partial charge < -0.3 is 4.74 Å². The number of hydrogen-bond donors (Lipinski definition) is 0. The standard InChI is InChI=1S/C24H18Cl2O/c1-22-16-21(17-10-4-2-5-11-17)23(27-22,18-12-6-3-7-13-18)24(25,26)20-15-9-8-14-19(20)22/h2-16H,1H3/t22-,23+/m0/s1. The second kappa shape index (κ2) is 5.72. The highest BCUT2D eigenvalue weighted by molar-refractivity contribution is 6.50. The van der Waals surface area contributed by atoms with E-state index >= 15 is 0 Å². The molecule has 0 amide bonds. The second-order valence-electron chi connectivity index (χ2n) is 7.30. The highest BCUT2D eigenvalue weighted by Crippen LogP contribution is 2.68. The Morgan fingerprint density at radius 3 is 1.93 bits per heavy atom. The summed E-state index contributed by atoms with van der Waals surface area (Å²) in [4.78, 5) is 0. The van der Waals surface area contributed by atoms with E-state index in [0.717, 1.165) is 27.8 Å². The van der Waals surface area contributed by atoms with E-state index < -0.39 is 15.5 Å². The fourth-order valence-corrected chi connectivity index (χ4v) is 5.33. The Bertz CT molecular complexity index is 1040.